The van der Waals surface area contributed by atoms with Crippen molar-refractivity contribution in [2.75, 3.05) is 0 Å². The van der Waals surface area contributed by atoms with Gasteiger partial charge in [-0.1, -0.05) is 11.6 Å². The molecular formula is C23H19ClF2N4O. The minimum atomic E-state index is -0.567. The Hall–Kier alpha value is -3.32. The average Bonchev–Trinajstić information content (AvgIpc) is 3.11. The third-order valence-corrected chi connectivity index (χ3v) is 5.08. The summed E-state index contributed by atoms with van der Waals surface area (Å²) in [6.45, 7) is 5.42. The van der Waals surface area contributed by atoms with Gasteiger partial charge in [0.25, 0.3) is 0 Å². The van der Waals surface area contributed by atoms with Crippen molar-refractivity contribution in [3.63, 3.8) is 0 Å². The quantitative estimate of drug-likeness (QED) is 0.374. The smallest absolute Gasteiger partial charge is 0.212 e. The van der Waals surface area contributed by atoms with Crippen LogP contribution in [-0.4, -0.2) is 19.9 Å². The second kappa shape index (κ2) is 8.43. The summed E-state index contributed by atoms with van der Waals surface area (Å²) in [5.41, 5.74) is 3.78. The first-order valence-electron chi connectivity index (χ1n) is 9.59. The minimum absolute atomic E-state index is 0.252. The van der Waals surface area contributed by atoms with E-state index in [-0.39, 0.29) is 5.69 Å². The number of nitrogens with zero attached hydrogens (tertiary/aromatic N) is 3. The first-order valence-corrected chi connectivity index (χ1v) is 9.97. The molecule has 0 bridgehead atoms. The van der Waals surface area contributed by atoms with Gasteiger partial charge >= 0.3 is 0 Å². The van der Waals surface area contributed by atoms with Crippen molar-refractivity contribution in [3.8, 4) is 28.4 Å². The molecule has 1 aromatic carbocycles. The summed E-state index contributed by atoms with van der Waals surface area (Å²) in [5, 5.41) is 0.353. The van der Waals surface area contributed by atoms with Crippen LogP contribution in [0.4, 0.5) is 8.78 Å². The van der Waals surface area contributed by atoms with Gasteiger partial charge in [0, 0.05) is 23.5 Å². The maximum Gasteiger partial charge on any atom is 0.212 e. The molecule has 1 unspecified atom stereocenters. The summed E-state index contributed by atoms with van der Waals surface area (Å²) in [7, 11) is 0. The maximum atomic E-state index is 14.2. The molecule has 0 fully saturated rings. The molecule has 3 heterocycles. The van der Waals surface area contributed by atoms with Gasteiger partial charge in [-0.25, -0.2) is 14.4 Å². The molecule has 31 heavy (non-hydrogen) atoms. The van der Waals surface area contributed by atoms with Crippen LogP contribution in [0, 0.1) is 25.6 Å². The van der Waals surface area contributed by atoms with Gasteiger partial charge in [-0.15, -0.1) is 0 Å². The molecule has 4 rings (SSSR count). The highest BCUT2D eigenvalue weighted by atomic mass is 35.5. The van der Waals surface area contributed by atoms with Crippen LogP contribution in [0.2, 0.25) is 5.15 Å². The van der Waals surface area contributed by atoms with Gasteiger partial charge in [0.2, 0.25) is 5.95 Å². The van der Waals surface area contributed by atoms with Crippen molar-refractivity contribution < 1.29 is 13.5 Å². The van der Waals surface area contributed by atoms with Crippen LogP contribution < -0.4 is 4.74 Å². The standard InChI is InChI=1S/C23H19ClF2N4O/c1-12-8-17(25)20(28-10-12)14(3)31-18-6-4-15(9-13(18)2)21-22(24)30-23(29-21)16-5-7-19(26)27-11-16/h4-11,14H,1-3H3,(H,29,30). The Bertz CT molecular complexity index is 1240. The lowest BCUT2D eigenvalue weighted by Gasteiger charge is -2.17. The SMILES string of the molecule is Cc1cnc(C(C)Oc2ccc(-c3nc(-c4ccc(F)nc4)[nH]c3Cl)cc2C)c(F)c1. The average molecular weight is 441 g/mol. The predicted molar refractivity (Wildman–Crippen MR) is 115 cm³/mol. The number of aryl methyl sites for hydroxylation is 2. The van der Waals surface area contributed by atoms with Gasteiger partial charge in [-0.05, 0) is 68.3 Å². The number of aromatic nitrogens is 4. The third kappa shape index (κ3) is 4.41. The van der Waals surface area contributed by atoms with Gasteiger partial charge in [-0.3, -0.25) is 4.98 Å². The molecule has 0 saturated heterocycles. The van der Waals surface area contributed by atoms with E-state index < -0.39 is 17.9 Å². The van der Waals surface area contributed by atoms with Crippen LogP contribution in [0.5, 0.6) is 5.75 Å². The van der Waals surface area contributed by atoms with Crippen molar-refractivity contribution in [1.82, 2.24) is 19.9 Å². The predicted octanol–water partition coefficient (Wildman–Crippen LogP) is 6.22. The molecule has 1 N–H and O–H groups in total. The van der Waals surface area contributed by atoms with Crippen LogP contribution >= 0.6 is 11.6 Å². The molecule has 158 valence electrons. The number of hydrogen-bond donors (Lipinski definition) is 1. The van der Waals surface area contributed by atoms with Crippen molar-refractivity contribution in [2.24, 2.45) is 0 Å². The van der Waals surface area contributed by atoms with Gasteiger partial charge in [0.15, 0.2) is 0 Å². The Morgan fingerprint density at radius 1 is 1.00 bits per heavy atom. The largest absolute Gasteiger partial charge is 0.484 e. The molecule has 0 amide bonds. The fourth-order valence-corrected chi connectivity index (χ4v) is 3.46. The van der Waals surface area contributed by atoms with Gasteiger partial charge < -0.3 is 9.72 Å². The number of H-pyrrole nitrogens is 1. The van der Waals surface area contributed by atoms with E-state index in [1.807, 2.05) is 19.1 Å². The number of aromatic amines is 1. The van der Waals surface area contributed by atoms with Crippen molar-refractivity contribution in [2.45, 2.75) is 26.9 Å². The summed E-state index contributed by atoms with van der Waals surface area (Å²) in [5.74, 6) is 0.128. The highest BCUT2D eigenvalue weighted by molar-refractivity contribution is 6.32. The molecule has 0 aliphatic carbocycles. The van der Waals surface area contributed by atoms with Crippen LogP contribution in [0.15, 0.2) is 48.8 Å². The van der Waals surface area contributed by atoms with Gasteiger partial charge in [0.05, 0.1) is 0 Å². The van der Waals surface area contributed by atoms with Crippen molar-refractivity contribution in [1.29, 1.82) is 0 Å². The van der Waals surface area contributed by atoms with Crippen LogP contribution in [0.1, 0.15) is 29.8 Å². The second-order valence-corrected chi connectivity index (χ2v) is 7.62. The van der Waals surface area contributed by atoms with E-state index in [2.05, 4.69) is 19.9 Å². The number of rotatable bonds is 5. The molecular weight excluding hydrogens is 422 g/mol. The number of nitrogens with one attached hydrogen (secondary N) is 1. The van der Waals surface area contributed by atoms with Gasteiger partial charge in [-0.2, -0.15) is 4.39 Å². The number of benzene rings is 1. The molecule has 0 radical (unpaired) electrons. The third-order valence-electron chi connectivity index (χ3n) is 4.80. The lowest BCUT2D eigenvalue weighted by atomic mass is 10.1. The lowest BCUT2D eigenvalue weighted by molar-refractivity contribution is 0.214. The Kier molecular flexibility index (Phi) is 5.69. The highest BCUT2D eigenvalue weighted by Gasteiger charge is 2.17. The molecule has 0 aliphatic rings. The zero-order valence-electron chi connectivity index (χ0n) is 17.1. The Labute approximate surface area is 183 Å². The number of hydrogen-bond acceptors (Lipinski definition) is 4. The molecule has 0 aliphatic heterocycles. The van der Waals surface area contributed by atoms with Crippen molar-refractivity contribution >= 4 is 11.6 Å². The minimum Gasteiger partial charge on any atom is -0.484 e. The van der Waals surface area contributed by atoms with Crippen LogP contribution in [0.25, 0.3) is 22.6 Å². The van der Waals surface area contributed by atoms with E-state index in [9.17, 15) is 8.78 Å². The number of pyridine rings is 2. The van der Waals surface area contributed by atoms with E-state index in [0.717, 1.165) is 16.7 Å². The first kappa shape index (κ1) is 20.9. The monoisotopic (exact) mass is 440 g/mol. The molecule has 5 nitrogen and oxygen atoms in total. The lowest BCUT2D eigenvalue weighted by Crippen LogP contribution is -2.09. The molecule has 4 aromatic rings. The summed E-state index contributed by atoms with van der Waals surface area (Å²) < 4.78 is 33.2. The molecule has 0 saturated carbocycles. The summed E-state index contributed by atoms with van der Waals surface area (Å²) in [4.78, 5) is 15.3. The Morgan fingerprint density at radius 3 is 2.45 bits per heavy atom. The molecule has 3 aromatic heterocycles. The number of halogens is 3. The number of ether oxygens (including phenoxy) is 1. The summed E-state index contributed by atoms with van der Waals surface area (Å²) >= 11 is 6.35. The topological polar surface area (TPSA) is 63.7 Å². The molecule has 8 heteroatoms. The Morgan fingerprint density at radius 2 is 1.77 bits per heavy atom. The fourth-order valence-electron chi connectivity index (χ4n) is 3.21. The molecule has 1 atom stereocenters. The normalized spacial score (nSPS) is 12.1. The maximum absolute atomic E-state index is 14.2. The van der Waals surface area contributed by atoms with E-state index in [4.69, 9.17) is 16.3 Å². The van der Waals surface area contributed by atoms with Crippen LogP contribution in [-0.2, 0) is 0 Å². The van der Waals surface area contributed by atoms with E-state index in [0.29, 0.717) is 28.0 Å². The van der Waals surface area contributed by atoms with E-state index in [1.54, 1.807) is 32.2 Å². The number of imidazole rings is 1. The van der Waals surface area contributed by atoms with E-state index >= 15 is 0 Å². The highest BCUT2D eigenvalue weighted by Crippen LogP contribution is 2.33. The fraction of sp³-hybridized carbons (Fsp3) is 0.174. The Balaban J connectivity index is 1.58. The second-order valence-electron chi connectivity index (χ2n) is 7.24. The summed E-state index contributed by atoms with van der Waals surface area (Å²) in [6.07, 6.45) is 2.44. The zero-order chi connectivity index (χ0) is 22.1. The molecule has 0 spiro atoms. The zero-order valence-corrected chi connectivity index (χ0v) is 17.8. The van der Waals surface area contributed by atoms with Crippen molar-refractivity contribution in [3.05, 3.63) is 82.5 Å². The summed E-state index contributed by atoms with van der Waals surface area (Å²) in [6, 6.07) is 9.76. The first-order chi connectivity index (χ1) is 14.8. The van der Waals surface area contributed by atoms with Crippen LogP contribution in [0.3, 0.4) is 0 Å². The van der Waals surface area contributed by atoms with E-state index in [1.165, 1.54) is 18.3 Å². The van der Waals surface area contributed by atoms with Gasteiger partial charge in [0.1, 0.15) is 40.0 Å².